The summed E-state index contributed by atoms with van der Waals surface area (Å²) in [6, 6.07) is 8.46. The molecule has 2 nitrogen and oxygen atoms in total. The van der Waals surface area contributed by atoms with Crippen LogP contribution in [0.5, 0.6) is 0 Å². The highest BCUT2D eigenvalue weighted by atomic mass is 35.5. The number of nitrogens with two attached hydrogens (primary N) is 1. The minimum atomic E-state index is 0.363. The van der Waals surface area contributed by atoms with E-state index in [2.05, 4.69) is 11.5 Å². The molecule has 2 rings (SSSR count). The molecule has 1 unspecified atom stereocenters. The fraction of sp³-hybridized carbons (Fsp3) is 0.625. The summed E-state index contributed by atoms with van der Waals surface area (Å²) >= 11 is 6.03. The first-order chi connectivity index (χ1) is 9.28. The Hall–Kier alpha value is -0.570. The summed E-state index contributed by atoms with van der Waals surface area (Å²) in [5.41, 5.74) is 4.26. The van der Waals surface area contributed by atoms with Crippen LogP contribution in [0.4, 0.5) is 0 Å². The second kappa shape index (κ2) is 7.88. The average Bonchev–Trinajstić information content (AvgIpc) is 2.66. The molecule has 1 aliphatic rings. The van der Waals surface area contributed by atoms with E-state index in [9.17, 15) is 0 Å². The molecule has 3 heteroatoms. The molecule has 0 aromatic heterocycles. The first-order valence-corrected chi connectivity index (χ1v) is 7.86. The molecule has 1 fully saturated rings. The Labute approximate surface area is 121 Å². The van der Waals surface area contributed by atoms with E-state index in [0.29, 0.717) is 6.04 Å². The standard InChI is InChI=1S/C16H25ClN2/c17-15-9-5-8-14(10-15)12-16(19-18)11-13-6-3-1-2-4-7-13/h5,8-10,13,16,19H,1-4,6-7,11-12,18H2. The molecule has 0 bridgehead atoms. The number of nitrogens with one attached hydrogen (secondary N) is 1. The Morgan fingerprint density at radius 2 is 1.95 bits per heavy atom. The first kappa shape index (κ1) is 14.8. The Kier molecular flexibility index (Phi) is 6.15. The van der Waals surface area contributed by atoms with Gasteiger partial charge in [0.25, 0.3) is 0 Å². The van der Waals surface area contributed by atoms with Crippen LogP contribution in [0.15, 0.2) is 24.3 Å². The van der Waals surface area contributed by atoms with Gasteiger partial charge in [0.15, 0.2) is 0 Å². The molecule has 19 heavy (non-hydrogen) atoms. The third-order valence-electron chi connectivity index (χ3n) is 4.20. The van der Waals surface area contributed by atoms with Gasteiger partial charge in [0.05, 0.1) is 0 Å². The molecule has 1 aromatic carbocycles. The van der Waals surface area contributed by atoms with Crippen molar-refractivity contribution >= 4 is 11.6 Å². The van der Waals surface area contributed by atoms with Gasteiger partial charge in [-0.1, -0.05) is 62.3 Å². The Balaban J connectivity index is 1.88. The highest BCUT2D eigenvalue weighted by Crippen LogP contribution is 2.27. The van der Waals surface area contributed by atoms with Crippen molar-refractivity contribution in [2.45, 2.75) is 57.4 Å². The van der Waals surface area contributed by atoms with Crippen molar-refractivity contribution in [3.05, 3.63) is 34.9 Å². The Morgan fingerprint density at radius 1 is 1.21 bits per heavy atom. The van der Waals surface area contributed by atoms with Gasteiger partial charge in [-0.05, 0) is 36.5 Å². The van der Waals surface area contributed by atoms with Crippen LogP contribution in [0.1, 0.15) is 50.5 Å². The number of hydrogen-bond acceptors (Lipinski definition) is 2. The molecule has 0 amide bonds. The number of benzene rings is 1. The lowest BCUT2D eigenvalue weighted by molar-refractivity contribution is 0.352. The highest BCUT2D eigenvalue weighted by molar-refractivity contribution is 6.30. The summed E-state index contributed by atoms with van der Waals surface area (Å²) in [5, 5.41) is 0.808. The van der Waals surface area contributed by atoms with Crippen molar-refractivity contribution in [2.75, 3.05) is 0 Å². The Morgan fingerprint density at radius 3 is 2.58 bits per heavy atom. The molecular weight excluding hydrogens is 256 g/mol. The van der Waals surface area contributed by atoms with Gasteiger partial charge >= 0.3 is 0 Å². The summed E-state index contributed by atoms with van der Waals surface area (Å²) in [6.45, 7) is 0. The minimum absolute atomic E-state index is 0.363. The van der Waals surface area contributed by atoms with Crippen LogP contribution in [0.2, 0.25) is 5.02 Å². The first-order valence-electron chi connectivity index (χ1n) is 7.48. The fourth-order valence-corrected chi connectivity index (χ4v) is 3.37. The quantitative estimate of drug-likeness (QED) is 0.485. The van der Waals surface area contributed by atoms with E-state index in [-0.39, 0.29) is 0 Å². The number of halogens is 1. The van der Waals surface area contributed by atoms with Crippen LogP contribution in [-0.2, 0) is 6.42 Å². The van der Waals surface area contributed by atoms with Crippen molar-refractivity contribution in [3.63, 3.8) is 0 Å². The van der Waals surface area contributed by atoms with Crippen LogP contribution in [0.25, 0.3) is 0 Å². The maximum Gasteiger partial charge on any atom is 0.0408 e. The van der Waals surface area contributed by atoms with Crippen molar-refractivity contribution in [1.29, 1.82) is 0 Å². The zero-order valence-corrected chi connectivity index (χ0v) is 12.3. The lowest BCUT2D eigenvalue weighted by atomic mass is 9.90. The van der Waals surface area contributed by atoms with E-state index in [0.717, 1.165) is 17.4 Å². The molecule has 1 aromatic rings. The molecule has 106 valence electrons. The molecular formula is C16H25ClN2. The van der Waals surface area contributed by atoms with E-state index in [4.69, 9.17) is 17.4 Å². The van der Waals surface area contributed by atoms with Crippen molar-refractivity contribution in [3.8, 4) is 0 Å². The van der Waals surface area contributed by atoms with Gasteiger partial charge in [-0.25, -0.2) is 0 Å². The molecule has 0 saturated heterocycles. The van der Waals surface area contributed by atoms with Gasteiger partial charge in [0.2, 0.25) is 0 Å². The van der Waals surface area contributed by atoms with Gasteiger partial charge in [-0.15, -0.1) is 0 Å². The summed E-state index contributed by atoms with van der Waals surface area (Å²) in [5.74, 6) is 6.57. The number of hydrogen-bond donors (Lipinski definition) is 2. The Bertz CT molecular complexity index is 373. The van der Waals surface area contributed by atoms with Crippen LogP contribution in [0.3, 0.4) is 0 Å². The lowest BCUT2D eigenvalue weighted by Gasteiger charge is -2.22. The maximum atomic E-state index is 6.03. The van der Waals surface area contributed by atoms with Gasteiger partial charge in [0.1, 0.15) is 0 Å². The van der Waals surface area contributed by atoms with E-state index in [1.807, 2.05) is 18.2 Å². The smallest absolute Gasteiger partial charge is 0.0408 e. The summed E-state index contributed by atoms with van der Waals surface area (Å²) in [7, 11) is 0. The molecule has 1 aliphatic carbocycles. The zero-order valence-electron chi connectivity index (χ0n) is 11.6. The predicted molar refractivity (Wildman–Crippen MR) is 82.1 cm³/mol. The average molecular weight is 281 g/mol. The van der Waals surface area contributed by atoms with Crippen molar-refractivity contribution in [1.82, 2.24) is 5.43 Å². The summed E-state index contributed by atoms with van der Waals surface area (Å²) < 4.78 is 0. The van der Waals surface area contributed by atoms with Crippen LogP contribution in [-0.4, -0.2) is 6.04 Å². The summed E-state index contributed by atoms with van der Waals surface area (Å²) in [6.07, 6.45) is 10.5. The monoisotopic (exact) mass is 280 g/mol. The van der Waals surface area contributed by atoms with Gasteiger partial charge in [0, 0.05) is 11.1 Å². The van der Waals surface area contributed by atoms with Crippen LogP contribution >= 0.6 is 11.6 Å². The zero-order chi connectivity index (χ0) is 13.5. The van der Waals surface area contributed by atoms with Gasteiger partial charge in [-0.2, -0.15) is 0 Å². The normalized spacial score (nSPS) is 19.1. The number of hydrazine groups is 1. The number of rotatable bonds is 5. The van der Waals surface area contributed by atoms with Crippen LogP contribution < -0.4 is 11.3 Å². The molecule has 1 atom stereocenters. The minimum Gasteiger partial charge on any atom is -0.271 e. The van der Waals surface area contributed by atoms with E-state index in [1.54, 1.807) is 0 Å². The third-order valence-corrected chi connectivity index (χ3v) is 4.43. The second-order valence-corrected chi connectivity index (χ2v) is 6.23. The largest absolute Gasteiger partial charge is 0.271 e. The molecule has 0 heterocycles. The predicted octanol–water partition coefficient (Wildman–Crippen LogP) is 4.07. The topological polar surface area (TPSA) is 38.0 Å². The fourth-order valence-electron chi connectivity index (χ4n) is 3.16. The SMILES string of the molecule is NNC(Cc1cccc(Cl)c1)CC1CCCCCC1. The molecule has 3 N–H and O–H groups in total. The van der Waals surface area contributed by atoms with E-state index < -0.39 is 0 Å². The second-order valence-electron chi connectivity index (χ2n) is 5.79. The maximum absolute atomic E-state index is 6.03. The molecule has 1 saturated carbocycles. The molecule has 0 aliphatic heterocycles. The van der Waals surface area contributed by atoms with Gasteiger partial charge < -0.3 is 0 Å². The van der Waals surface area contributed by atoms with Crippen molar-refractivity contribution < 1.29 is 0 Å². The third kappa shape index (κ3) is 5.13. The summed E-state index contributed by atoms with van der Waals surface area (Å²) in [4.78, 5) is 0. The molecule has 0 radical (unpaired) electrons. The van der Waals surface area contributed by atoms with E-state index >= 15 is 0 Å². The molecule has 0 spiro atoms. The van der Waals surface area contributed by atoms with Crippen molar-refractivity contribution in [2.24, 2.45) is 11.8 Å². The van der Waals surface area contributed by atoms with Gasteiger partial charge in [-0.3, -0.25) is 11.3 Å². The highest BCUT2D eigenvalue weighted by Gasteiger charge is 2.17. The van der Waals surface area contributed by atoms with Crippen LogP contribution in [0, 0.1) is 5.92 Å². The van der Waals surface area contributed by atoms with E-state index in [1.165, 1.54) is 50.5 Å². The lowest BCUT2D eigenvalue weighted by Crippen LogP contribution is -2.38.